The third-order valence-electron chi connectivity index (χ3n) is 21.2. The van der Waals surface area contributed by atoms with Crippen molar-refractivity contribution in [1.82, 2.24) is 43.1 Å². The number of nitriles is 1. The number of sulfonamides is 2. The fraction of sp³-hybridized carbons (Fsp3) is 0.312. The molecule has 108 heavy (non-hydrogen) atoms. The second kappa shape index (κ2) is 29.5. The van der Waals surface area contributed by atoms with Gasteiger partial charge in [-0.25, -0.2) is 26.3 Å². The molecular formula is C80H80ClF3N10O11S3. The maximum atomic E-state index is 13.8. The lowest BCUT2D eigenvalue weighted by Crippen LogP contribution is -2.50. The zero-order valence-electron chi connectivity index (χ0n) is 58.8. The average Bonchev–Trinajstić information content (AvgIpc) is 1.50. The van der Waals surface area contributed by atoms with Crippen LogP contribution in [0.3, 0.4) is 0 Å². The number of nitrogens with zero attached hydrogens (tertiary/aromatic N) is 8. The van der Waals surface area contributed by atoms with E-state index in [0.29, 0.717) is 103 Å². The third kappa shape index (κ3) is 14.3. The minimum Gasteiger partial charge on any atom is -0.482 e. The number of para-hydroxylation sites is 5. The van der Waals surface area contributed by atoms with E-state index in [1.807, 2.05) is 94.1 Å². The molecule has 3 amide bonds. The second-order valence-electron chi connectivity index (χ2n) is 27.9. The van der Waals surface area contributed by atoms with E-state index in [-0.39, 0.29) is 62.6 Å². The smallest absolute Gasteiger partial charge is 0.431 e. The topological polar surface area (TPSA) is 253 Å². The van der Waals surface area contributed by atoms with Crippen molar-refractivity contribution in [2.24, 2.45) is 7.05 Å². The Kier molecular flexibility index (Phi) is 20.1. The molecule has 1 aliphatic carbocycles. The number of carbonyl (C=O) groups is 3. The zero-order valence-corrected chi connectivity index (χ0v) is 62.0. The molecule has 562 valence electrons. The number of alkyl halides is 3. The van der Waals surface area contributed by atoms with Gasteiger partial charge in [0.05, 0.1) is 44.4 Å². The Bertz CT molecular complexity index is 5360. The van der Waals surface area contributed by atoms with Crippen LogP contribution in [0.5, 0.6) is 17.2 Å². The van der Waals surface area contributed by atoms with E-state index in [2.05, 4.69) is 44.2 Å². The third-order valence-corrected chi connectivity index (χ3v) is 25.4. The number of aliphatic hydroxyl groups excluding tert-OH is 1. The molecule has 0 bridgehead atoms. The molecule has 21 nitrogen and oxygen atoms in total. The Hall–Kier alpha value is -10.1. The van der Waals surface area contributed by atoms with E-state index in [4.69, 9.17) is 30.9 Å². The number of aromatic nitrogens is 4. The Morgan fingerprint density at radius 3 is 1.73 bits per heavy atom. The number of nitrogens with one attached hydrogen (secondary N) is 2. The molecule has 17 rings (SSSR count). The minimum atomic E-state index is -4.53. The van der Waals surface area contributed by atoms with Gasteiger partial charge in [0.15, 0.2) is 11.2 Å². The molecule has 7 aliphatic rings. The van der Waals surface area contributed by atoms with Crippen LogP contribution in [-0.2, 0) is 62.9 Å². The summed E-state index contributed by atoms with van der Waals surface area (Å²) >= 11 is 8.05. The molecule has 28 heteroatoms. The predicted molar refractivity (Wildman–Crippen MR) is 403 cm³/mol. The van der Waals surface area contributed by atoms with Gasteiger partial charge in [0.2, 0.25) is 20.0 Å². The normalized spacial score (nSPS) is 17.0. The highest BCUT2D eigenvalue weighted by Gasteiger charge is 2.50. The van der Waals surface area contributed by atoms with E-state index in [0.717, 1.165) is 89.7 Å². The first kappa shape index (κ1) is 73.5. The van der Waals surface area contributed by atoms with Gasteiger partial charge in [-0.2, -0.15) is 23.5 Å². The highest BCUT2D eigenvalue weighted by atomic mass is 35.5. The summed E-state index contributed by atoms with van der Waals surface area (Å²) in [6.45, 7) is 2.75. The minimum absolute atomic E-state index is 0. The highest BCUT2D eigenvalue weighted by molar-refractivity contribution is 7.89. The summed E-state index contributed by atoms with van der Waals surface area (Å²) in [5.41, 5.74) is 5.99. The number of aliphatic hydroxyl groups is 1. The average molecular weight is 1550 g/mol. The number of piperidine rings is 3. The molecule has 3 spiro atoms. The maximum absolute atomic E-state index is 13.8. The molecule has 4 aromatic heterocycles. The van der Waals surface area contributed by atoms with E-state index in [1.54, 1.807) is 51.5 Å². The summed E-state index contributed by atoms with van der Waals surface area (Å²) in [5.74, 6) is 1.59. The predicted octanol–water partition coefficient (Wildman–Crippen LogP) is 13.6. The van der Waals surface area contributed by atoms with Crippen LogP contribution < -0.4 is 23.7 Å². The lowest BCUT2D eigenvalue weighted by molar-refractivity contribution is -0.143. The van der Waals surface area contributed by atoms with Crippen LogP contribution in [0.4, 0.5) is 13.2 Å². The van der Waals surface area contributed by atoms with Crippen LogP contribution in [0.15, 0.2) is 197 Å². The van der Waals surface area contributed by atoms with Crippen molar-refractivity contribution < 1.29 is 66.6 Å². The summed E-state index contributed by atoms with van der Waals surface area (Å²) in [7, 11) is -5.34. The molecule has 10 aromatic rings. The van der Waals surface area contributed by atoms with Crippen molar-refractivity contribution in [3.05, 3.63) is 248 Å². The van der Waals surface area contributed by atoms with E-state index in [9.17, 15) is 49.7 Å². The number of aryl methyl sites for hydroxylation is 3. The molecule has 1 saturated carbocycles. The van der Waals surface area contributed by atoms with Gasteiger partial charge in [0.25, 0.3) is 17.7 Å². The van der Waals surface area contributed by atoms with Gasteiger partial charge in [-0.3, -0.25) is 23.6 Å². The maximum Gasteiger partial charge on any atom is 0.431 e. The Labute approximate surface area is 634 Å². The van der Waals surface area contributed by atoms with Crippen LogP contribution in [0, 0.1) is 11.3 Å². The highest BCUT2D eigenvalue weighted by Crippen LogP contribution is 2.52. The number of thiophene rings is 1. The number of halogens is 4. The van der Waals surface area contributed by atoms with Crippen LogP contribution in [0.25, 0.3) is 22.6 Å². The summed E-state index contributed by atoms with van der Waals surface area (Å²) in [5, 5.41) is 25.8. The molecular weight excluding hydrogens is 1470 g/mol. The zero-order chi connectivity index (χ0) is 75.3. The van der Waals surface area contributed by atoms with Crippen LogP contribution in [0.2, 0.25) is 5.02 Å². The number of benzene rings is 6. The van der Waals surface area contributed by atoms with E-state index >= 15 is 0 Å². The quantitative estimate of drug-likeness (QED) is 0.0858. The van der Waals surface area contributed by atoms with Gasteiger partial charge in [0.1, 0.15) is 40.3 Å². The number of amides is 3. The Morgan fingerprint density at radius 1 is 0.639 bits per heavy atom. The van der Waals surface area contributed by atoms with Gasteiger partial charge >= 0.3 is 6.18 Å². The van der Waals surface area contributed by atoms with Crippen LogP contribution in [-0.4, -0.2) is 132 Å². The molecule has 4 fully saturated rings. The molecule has 6 aliphatic heterocycles. The van der Waals surface area contributed by atoms with Crippen molar-refractivity contribution in [2.75, 3.05) is 52.4 Å². The van der Waals surface area contributed by atoms with Gasteiger partial charge in [-0.15, -0.1) is 11.3 Å². The first-order valence-electron chi connectivity index (χ1n) is 35.8. The standard InChI is InChI=1S/C28H26ClN3O2S.C26H24F3N3O4S.C26H26N4O5S.2H2/c1-31-26-23-6-2-3-7-25(23)34-28(24(26)18-30-31)12-14-32(15-13-28)27(33)22-11-9-20(29)17-19(22)8-10-21-5-4-16-35-21;27-26(28,29)23-12-11-22-25(36-21-4-2-1-3-20(21)32(22)23)13-15-31(16-14-25)24(33)17-5-9-19(10-6-17)37(34,35)30-18-7-8-18;27-18-20-8-11-24-26(35-23-5-2-1-4-22(23)30(20)24)12-15-29(16-13-26)25(32)19-6-9-21(10-7-19)36(33,34)28-14-3-17-31;;/h2-7,9,11,16-18H,8,10,12-15H2,1H3;1-6,9-12,18,30H,7-8,13-16H2;1-2,4-11,28,31H,3,12-17H2;2*1H. The van der Waals surface area contributed by atoms with Crippen molar-refractivity contribution in [3.63, 3.8) is 0 Å². The van der Waals surface area contributed by atoms with Crippen molar-refractivity contribution in [1.29, 1.82) is 5.26 Å². The van der Waals surface area contributed by atoms with Crippen molar-refractivity contribution in [2.45, 2.75) is 109 Å². The van der Waals surface area contributed by atoms with E-state index < -0.39 is 48.7 Å². The monoisotopic (exact) mass is 1540 g/mol. The summed E-state index contributed by atoms with van der Waals surface area (Å²) in [6, 6.07) is 52.4. The Balaban J connectivity index is 0.000000144. The SMILES string of the molecule is Cn1ncc2c1-c1ccccc1OC21CCN(C(=O)c2ccc(Cl)cc2CCc2cccs2)CC1.N#Cc1ccc2n1-c1ccccc1OC21CCN(C(=O)c2ccc(S(=O)(=O)NCCCO)cc2)CC1.O=C(c1ccc(S(=O)(=O)NC2CC2)cc1)N1CCC2(CC1)Oc1ccccc1-n1c(C(F)(F)F)ccc12.[HH].[HH]. The van der Waals surface area contributed by atoms with Gasteiger partial charge in [0, 0.05) is 145 Å². The fourth-order valence-electron chi connectivity index (χ4n) is 15.4. The molecule has 3 saturated heterocycles. The number of hydrogen-bond donors (Lipinski definition) is 3. The molecule has 0 unspecified atom stereocenters. The lowest BCUT2D eigenvalue weighted by atomic mass is 9.81. The van der Waals surface area contributed by atoms with Crippen molar-refractivity contribution >= 4 is 60.7 Å². The Morgan fingerprint density at radius 2 is 1.17 bits per heavy atom. The summed E-state index contributed by atoms with van der Waals surface area (Å²) < 4.78 is 121. The van der Waals surface area contributed by atoms with Gasteiger partial charge < -0.3 is 38.6 Å². The molecule has 3 N–H and O–H groups in total. The molecule has 0 radical (unpaired) electrons. The molecule has 0 atom stereocenters. The lowest BCUT2D eigenvalue weighted by Gasteiger charge is -2.45. The first-order valence-corrected chi connectivity index (χ1v) is 40.0. The first-order chi connectivity index (χ1) is 52.0. The van der Waals surface area contributed by atoms with Crippen LogP contribution >= 0.6 is 22.9 Å². The second-order valence-corrected chi connectivity index (χ2v) is 32.9. The van der Waals surface area contributed by atoms with Gasteiger partial charge in [-0.05, 0) is 177 Å². The van der Waals surface area contributed by atoms with Gasteiger partial charge in [-0.1, -0.05) is 54.1 Å². The van der Waals surface area contributed by atoms with E-state index in [1.165, 1.54) is 64.0 Å². The number of fused-ring (bicyclic) bond motifs is 12. The number of hydrogen-bond acceptors (Lipinski definition) is 14. The number of ether oxygens (including phenoxy) is 3. The number of likely N-dealkylation sites (tertiary alicyclic amines) is 3. The molecule has 6 aromatic carbocycles. The number of carbonyl (C=O) groups excluding carboxylic acids is 3. The van der Waals surface area contributed by atoms with Crippen LogP contribution in [0.1, 0.15) is 130 Å². The summed E-state index contributed by atoms with van der Waals surface area (Å²) in [6.07, 6.45) is 4.26. The molecule has 10 heterocycles. The largest absolute Gasteiger partial charge is 0.482 e. The fourth-order valence-corrected chi connectivity index (χ4v) is 18.7. The summed E-state index contributed by atoms with van der Waals surface area (Å²) in [4.78, 5) is 46.8. The van der Waals surface area contributed by atoms with Crippen molar-refractivity contribution in [3.8, 4) is 45.9 Å². The number of rotatable bonds is 14.